The van der Waals surface area contributed by atoms with Crippen molar-refractivity contribution in [2.75, 3.05) is 0 Å². The molecule has 1 aromatic heterocycles. The summed E-state index contributed by atoms with van der Waals surface area (Å²) < 4.78 is 0.767. The van der Waals surface area contributed by atoms with Crippen LogP contribution in [-0.4, -0.2) is 5.91 Å². The fourth-order valence-electron chi connectivity index (χ4n) is 1.81. The van der Waals surface area contributed by atoms with E-state index in [1.807, 2.05) is 12.1 Å². The van der Waals surface area contributed by atoms with Crippen LogP contribution in [0.4, 0.5) is 0 Å². The van der Waals surface area contributed by atoms with Gasteiger partial charge in [0.25, 0.3) is 0 Å². The van der Waals surface area contributed by atoms with Crippen molar-refractivity contribution in [3.8, 4) is 0 Å². The van der Waals surface area contributed by atoms with E-state index in [0.29, 0.717) is 18.9 Å². The van der Waals surface area contributed by atoms with E-state index in [9.17, 15) is 4.79 Å². The number of nitrogens with one attached hydrogen (secondary N) is 1. The van der Waals surface area contributed by atoms with Crippen LogP contribution in [0.25, 0.3) is 0 Å². The van der Waals surface area contributed by atoms with Crippen LogP contribution in [0, 0.1) is 5.92 Å². The third-order valence-corrected chi connectivity index (χ3v) is 3.88. The zero-order valence-electron chi connectivity index (χ0n) is 8.91. The van der Waals surface area contributed by atoms with Crippen LogP contribution in [0.5, 0.6) is 0 Å². The predicted octanol–water partition coefficient (Wildman–Crippen LogP) is 3.37. The first-order valence-electron chi connectivity index (χ1n) is 5.41. The maximum atomic E-state index is 11.6. The summed E-state index contributed by atoms with van der Waals surface area (Å²) in [6.45, 7) is 0.590. The zero-order valence-corrected chi connectivity index (χ0v) is 10.5. The molecular weight excluding hydrogens is 242 g/mol. The second kappa shape index (κ2) is 5.51. The zero-order chi connectivity index (χ0) is 11.4. The second-order valence-electron chi connectivity index (χ2n) is 3.95. The summed E-state index contributed by atoms with van der Waals surface area (Å²) in [5.74, 6) is 0.563. The molecule has 0 saturated heterocycles. The number of carbonyl (C=O) groups excluding carboxylic acids is 1. The Morgan fingerprint density at radius 3 is 3.06 bits per heavy atom. The average Bonchev–Trinajstić information content (AvgIpc) is 2.87. The fraction of sp³-hybridized carbons (Fsp3) is 0.417. The topological polar surface area (TPSA) is 29.1 Å². The first-order chi connectivity index (χ1) is 7.74. The Morgan fingerprint density at radius 1 is 1.56 bits per heavy atom. The molecule has 0 bridgehead atoms. The molecule has 0 radical (unpaired) electrons. The number of amides is 1. The van der Waals surface area contributed by atoms with Crippen molar-refractivity contribution in [1.29, 1.82) is 0 Å². The SMILES string of the molecule is O=C(C[C@@H]1C=CCC1)NCc1ccc(Cl)s1. The van der Waals surface area contributed by atoms with Gasteiger partial charge in [0.05, 0.1) is 10.9 Å². The Kier molecular flexibility index (Phi) is 4.02. The number of rotatable bonds is 4. The molecule has 1 aliphatic rings. The average molecular weight is 256 g/mol. The highest BCUT2D eigenvalue weighted by molar-refractivity contribution is 7.16. The van der Waals surface area contributed by atoms with Crippen LogP contribution in [0.3, 0.4) is 0 Å². The molecule has 1 N–H and O–H groups in total. The van der Waals surface area contributed by atoms with E-state index >= 15 is 0 Å². The minimum Gasteiger partial charge on any atom is -0.351 e. The molecule has 1 heterocycles. The van der Waals surface area contributed by atoms with Gasteiger partial charge in [0, 0.05) is 11.3 Å². The summed E-state index contributed by atoms with van der Waals surface area (Å²) in [6.07, 6.45) is 7.12. The molecule has 1 aromatic rings. The lowest BCUT2D eigenvalue weighted by Gasteiger charge is -2.07. The lowest BCUT2D eigenvalue weighted by molar-refractivity contribution is -0.121. The summed E-state index contributed by atoms with van der Waals surface area (Å²) >= 11 is 7.32. The molecule has 2 rings (SSSR count). The van der Waals surface area contributed by atoms with Crippen molar-refractivity contribution in [1.82, 2.24) is 5.32 Å². The van der Waals surface area contributed by atoms with Crippen LogP contribution in [0.15, 0.2) is 24.3 Å². The van der Waals surface area contributed by atoms with E-state index in [4.69, 9.17) is 11.6 Å². The molecule has 16 heavy (non-hydrogen) atoms. The molecule has 0 fully saturated rings. The summed E-state index contributed by atoms with van der Waals surface area (Å²) in [4.78, 5) is 12.7. The number of allylic oxidation sites excluding steroid dienone is 2. The molecular formula is C12H14ClNOS. The van der Waals surface area contributed by atoms with Crippen molar-refractivity contribution in [3.05, 3.63) is 33.5 Å². The van der Waals surface area contributed by atoms with Gasteiger partial charge in [0.1, 0.15) is 0 Å². The fourth-order valence-corrected chi connectivity index (χ4v) is 2.84. The summed E-state index contributed by atoms with van der Waals surface area (Å²) in [5.41, 5.74) is 0. The first kappa shape index (κ1) is 11.7. The number of hydrogen-bond acceptors (Lipinski definition) is 2. The van der Waals surface area contributed by atoms with Gasteiger partial charge in [-0.05, 0) is 30.9 Å². The third kappa shape index (κ3) is 3.35. The third-order valence-electron chi connectivity index (χ3n) is 2.65. The number of halogens is 1. The highest BCUT2D eigenvalue weighted by atomic mass is 35.5. The second-order valence-corrected chi connectivity index (χ2v) is 5.75. The monoisotopic (exact) mass is 255 g/mol. The first-order valence-corrected chi connectivity index (χ1v) is 6.61. The van der Waals surface area contributed by atoms with Gasteiger partial charge < -0.3 is 5.32 Å². The summed E-state index contributed by atoms with van der Waals surface area (Å²) in [6, 6.07) is 3.80. The number of carbonyl (C=O) groups is 1. The van der Waals surface area contributed by atoms with Crippen molar-refractivity contribution in [2.24, 2.45) is 5.92 Å². The Bertz CT molecular complexity index is 399. The van der Waals surface area contributed by atoms with Crippen LogP contribution < -0.4 is 5.32 Å². The molecule has 1 amide bonds. The van der Waals surface area contributed by atoms with Gasteiger partial charge in [0.15, 0.2) is 0 Å². The Morgan fingerprint density at radius 2 is 2.44 bits per heavy atom. The molecule has 2 nitrogen and oxygen atoms in total. The maximum absolute atomic E-state index is 11.6. The van der Waals surface area contributed by atoms with Gasteiger partial charge >= 0.3 is 0 Å². The van der Waals surface area contributed by atoms with Gasteiger partial charge in [-0.15, -0.1) is 11.3 Å². The van der Waals surface area contributed by atoms with Gasteiger partial charge in [-0.25, -0.2) is 0 Å². The van der Waals surface area contributed by atoms with Crippen molar-refractivity contribution < 1.29 is 4.79 Å². The van der Waals surface area contributed by atoms with Gasteiger partial charge in [-0.1, -0.05) is 23.8 Å². The van der Waals surface area contributed by atoms with E-state index in [2.05, 4.69) is 17.5 Å². The Balaban J connectivity index is 1.73. The molecule has 4 heteroatoms. The van der Waals surface area contributed by atoms with E-state index < -0.39 is 0 Å². The molecule has 0 saturated carbocycles. The van der Waals surface area contributed by atoms with Crippen molar-refractivity contribution in [3.63, 3.8) is 0 Å². The molecule has 1 aliphatic carbocycles. The molecule has 0 unspecified atom stereocenters. The van der Waals surface area contributed by atoms with Crippen molar-refractivity contribution in [2.45, 2.75) is 25.8 Å². The quantitative estimate of drug-likeness (QED) is 0.822. The van der Waals surface area contributed by atoms with Crippen molar-refractivity contribution >= 4 is 28.8 Å². The molecule has 0 spiro atoms. The van der Waals surface area contributed by atoms with E-state index in [1.54, 1.807) is 0 Å². The molecule has 86 valence electrons. The Labute approximate surface area is 104 Å². The molecule has 0 aromatic carbocycles. The largest absolute Gasteiger partial charge is 0.351 e. The van der Waals surface area contributed by atoms with Crippen LogP contribution in [-0.2, 0) is 11.3 Å². The predicted molar refractivity (Wildman–Crippen MR) is 67.7 cm³/mol. The van der Waals surface area contributed by atoms with Crippen LogP contribution in [0.1, 0.15) is 24.1 Å². The smallest absolute Gasteiger partial charge is 0.220 e. The number of hydrogen-bond donors (Lipinski definition) is 1. The summed E-state index contributed by atoms with van der Waals surface area (Å²) in [5, 5.41) is 2.92. The highest BCUT2D eigenvalue weighted by Crippen LogP contribution is 2.22. The highest BCUT2D eigenvalue weighted by Gasteiger charge is 2.13. The minimum absolute atomic E-state index is 0.126. The van der Waals surface area contributed by atoms with E-state index in [1.165, 1.54) is 11.3 Å². The van der Waals surface area contributed by atoms with E-state index in [0.717, 1.165) is 22.1 Å². The Hall–Kier alpha value is -0.800. The normalized spacial score (nSPS) is 18.9. The molecule has 1 atom stereocenters. The van der Waals surface area contributed by atoms with Gasteiger partial charge in [0.2, 0.25) is 5.91 Å². The standard InChI is InChI=1S/C12H14ClNOS/c13-11-6-5-10(16-11)8-14-12(15)7-9-3-1-2-4-9/h1,3,5-6,9H,2,4,7-8H2,(H,14,15)/t9-/m1/s1. The lowest BCUT2D eigenvalue weighted by Crippen LogP contribution is -2.23. The van der Waals surface area contributed by atoms with Gasteiger partial charge in [-0.2, -0.15) is 0 Å². The van der Waals surface area contributed by atoms with Crippen LogP contribution in [0.2, 0.25) is 4.34 Å². The lowest BCUT2D eigenvalue weighted by atomic mass is 10.1. The van der Waals surface area contributed by atoms with E-state index in [-0.39, 0.29) is 5.91 Å². The van der Waals surface area contributed by atoms with Gasteiger partial charge in [-0.3, -0.25) is 4.79 Å². The molecule has 0 aliphatic heterocycles. The minimum atomic E-state index is 0.126. The maximum Gasteiger partial charge on any atom is 0.220 e. The number of thiophene rings is 1. The summed E-state index contributed by atoms with van der Waals surface area (Å²) in [7, 11) is 0. The van der Waals surface area contributed by atoms with Crippen LogP contribution >= 0.6 is 22.9 Å².